The molecular weight excluding hydrogens is 282 g/mol. The van der Waals surface area contributed by atoms with Gasteiger partial charge < -0.3 is 9.64 Å². The molecule has 1 saturated heterocycles. The number of aryl methyl sites for hydroxylation is 1. The van der Waals surface area contributed by atoms with Gasteiger partial charge in [-0.1, -0.05) is 12.1 Å². The van der Waals surface area contributed by atoms with Crippen LogP contribution >= 0.6 is 0 Å². The van der Waals surface area contributed by atoms with Gasteiger partial charge in [0.05, 0.1) is 19.0 Å². The highest BCUT2D eigenvalue weighted by Crippen LogP contribution is 2.10. The number of hydrogen-bond acceptors (Lipinski definition) is 4. The minimum absolute atomic E-state index is 0.0466. The summed E-state index contributed by atoms with van der Waals surface area (Å²) in [5, 5.41) is 0. The molecular formula is C13H17NO5S. The van der Waals surface area contributed by atoms with Crippen molar-refractivity contribution >= 4 is 16.0 Å². The van der Waals surface area contributed by atoms with Crippen LogP contribution in [0.25, 0.3) is 0 Å². The van der Waals surface area contributed by atoms with Crippen molar-refractivity contribution in [2.24, 2.45) is 0 Å². The molecule has 1 aliphatic heterocycles. The predicted molar refractivity (Wildman–Crippen MR) is 73.3 cm³/mol. The Kier molecular flexibility index (Phi) is 4.74. The van der Waals surface area contributed by atoms with Crippen molar-refractivity contribution in [2.75, 3.05) is 32.1 Å². The Bertz CT molecular complexity index is 561. The van der Waals surface area contributed by atoms with Gasteiger partial charge in [-0.25, -0.2) is 0 Å². The van der Waals surface area contributed by atoms with Crippen LogP contribution in [-0.4, -0.2) is 55.8 Å². The van der Waals surface area contributed by atoms with Crippen LogP contribution in [-0.2, 0) is 21.3 Å². The minimum Gasteiger partial charge on any atom is -0.378 e. The van der Waals surface area contributed by atoms with Crippen molar-refractivity contribution in [3.63, 3.8) is 0 Å². The van der Waals surface area contributed by atoms with Gasteiger partial charge in [-0.05, 0) is 24.1 Å². The SMILES string of the molecule is O=C(c1ccc(CCS(=O)(=O)O)cc1)N1CCOCC1. The molecule has 1 amide bonds. The lowest BCUT2D eigenvalue weighted by Gasteiger charge is -2.26. The summed E-state index contributed by atoms with van der Waals surface area (Å²) in [6.07, 6.45) is 0.227. The number of carbonyl (C=O) groups excluding carboxylic acids is 1. The molecule has 0 radical (unpaired) electrons. The molecule has 1 N–H and O–H groups in total. The van der Waals surface area contributed by atoms with Crippen LogP contribution in [0.4, 0.5) is 0 Å². The second kappa shape index (κ2) is 6.34. The van der Waals surface area contributed by atoms with Crippen molar-refractivity contribution in [1.29, 1.82) is 0 Å². The summed E-state index contributed by atoms with van der Waals surface area (Å²) in [5.74, 6) is -0.362. The largest absolute Gasteiger partial charge is 0.378 e. The van der Waals surface area contributed by atoms with Crippen LogP contribution < -0.4 is 0 Å². The number of ether oxygens (including phenoxy) is 1. The highest BCUT2D eigenvalue weighted by molar-refractivity contribution is 7.85. The number of carbonyl (C=O) groups is 1. The normalized spacial score (nSPS) is 16.1. The third-order valence-corrected chi connectivity index (χ3v) is 3.87. The summed E-state index contributed by atoms with van der Waals surface area (Å²) in [6.45, 7) is 2.28. The standard InChI is InChI=1S/C13H17NO5S/c15-13(14-6-8-19-9-7-14)12-3-1-11(2-4-12)5-10-20(16,17)18/h1-4H,5-10H2,(H,16,17,18). The fourth-order valence-corrected chi connectivity index (χ4v) is 2.50. The summed E-state index contributed by atoms with van der Waals surface area (Å²) in [4.78, 5) is 13.9. The molecule has 1 aromatic rings. The lowest BCUT2D eigenvalue weighted by molar-refractivity contribution is 0.0303. The van der Waals surface area contributed by atoms with E-state index in [1.165, 1.54) is 0 Å². The van der Waals surface area contributed by atoms with E-state index in [9.17, 15) is 13.2 Å². The quantitative estimate of drug-likeness (QED) is 0.823. The van der Waals surface area contributed by atoms with Crippen molar-refractivity contribution in [2.45, 2.75) is 6.42 Å². The van der Waals surface area contributed by atoms with E-state index in [0.717, 1.165) is 5.56 Å². The molecule has 1 heterocycles. The van der Waals surface area contributed by atoms with Gasteiger partial charge in [-0.3, -0.25) is 9.35 Å². The maximum Gasteiger partial charge on any atom is 0.265 e. The van der Waals surface area contributed by atoms with E-state index < -0.39 is 10.1 Å². The maximum atomic E-state index is 12.2. The van der Waals surface area contributed by atoms with E-state index in [4.69, 9.17) is 9.29 Å². The van der Waals surface area contributed by atoms with Gasteiger partial charge in [0.15, 0.2) is 0 Å². The monoisotopic (exact) mass is 299 g/mol. The molecule has 0 aliphatic carbocycles. The molecule has 110 valence electrons. The average molecular weight is 299 g/mol. The zero-order valence-electron chi connectivity index (χ0n) is 11.0. The van der Waals surface area contributed by atoms with Gasteiger partial charge in [-0.2, -0.15) is 8.42 Å². The lowest BCUT2D eigenvalue weighted by Crippen LogP contribution is -2.40. The summed E-state index contributed by atoms with van der Waals surface area (Å²) in [7, 11) is -3.95. The second-order valence-electron chi connectivity index (χ2n) is 4.64. The van der Waals surface area contributed by atoms with Crippen LogP contribution in [0.5, 0.6) is 0 Å². The van der Waals surface area contributed by atoms with Crippen LogP contribution in [0, 0.1) is 0 Å². The van der Waals surface area contributed by atoms with Crippen molar-refractivity contribution in [1.82, 2.24) is 4.90 Å². The Balaban J connectivity index is 1.98. The molecule has 1 aromatic carbocycles. The molecule has 0 bridgehead atoms. The van der Waals surface area contributed by atoms with Crippen LogP contribution in [0.2, 0.25) is 0 Å². The summed E-state index contributed by atoms with van der Waals surface area (Å²) in [5.41, 5.74) is 1.34. The number of benzene rings is 1. The number of hydrogen-bond donors (Lipinski definition) is 1. The van der Waals surface area contributed by atoms with E-state index in [0.29, 0.717) is 31.9 Å². The maximum absolute atomic E-state index is 12.2. The molecule has 0 saturated carbocycles. The number of amides is 1. The Hall–Kier alpha value is -1.44. The highest BCUT2D eigenvalue weighted by atomic mass is 32.2. The Morgan fingerprint density at radius 2 is 1.80 bits per heavy atom. The fraction of sp³-hybridized carbons (Fsp3) is 0.462. The average Bonchev–Trinajstić information content (AvgIpc) is 2.45. The number of nitrogens with zero attached hydrogens (tertiary/aromatic N) is 1. The smallest absolute Gasteiger partial charge is 0.265 e. The summed E-state index contributed by atoms with van der Waals surface area (Å²) >= 11 is 0. The Labute approximate surface area is 118 Å². The van der Waals surface area contributed by atoms with E-state index in [2.05, 4.69) is 0 Å². The van der Waals surface area contributed by atoms with Crippen molar-refractivity contribution < 1.29 is 22.5 Å². The lowest BCUT2D eigenvalue weighted by atomic mass is 10.1. The molecule has 1 aliphatic rings. The molecule has 2 rings (SSSR count). The molecule has 0 unspecified atom stereocenters. The number of rotatable bonds is 4. The van der Waals surface area contributed by atoms with Gasteiger partial charge in [0.2, 0.25) is 0 Å². The first-order valence-corrected chi connectivity index (χ1v) is 7.98. The van der Waals surface area contributed by atoms with Gasteiger partial charge in [0, 0.05) is 18.7 Å². The molecule has 0 spiro atoms. The number of morpholine rings is 1. The Morgan fingerprint density at radius 1 is 1.20 bits per heavy atom. The molecule has 7 heteroatoms. The van der Waals surface area contributed by atoms with Gasteiger partial charge >= 0.3 is 0 Å². The summed E-state index contributed by atoms with van der Waals surface area (Å²) < 4.78 is 35.2. The predicted octanol–water partition coefficient (Wildman–Crippen LogP) is 0.589. The van der Waals surface area contributed by atoms with Crippen molar-refractivity contribution in [3.8, 4) is 0 Å². The molecule has 6 nitrogen and oxygen atoms in total. The van der Waals surface area contributed by atoms with Gasteiger partial charge in [0.1, 0.15) is 0 Å². The molecule has 0 aromatic heterocycles. The zero-order chi connectivity index (χ0) is 14.6. The van der Waals surface area contributed by atoms with Crippen LogP contribution in [0.15, 0.2) is 24.3 Å². The van der Waals surface area contributed by atoms with Gasteiger partial charge in [0.25, 0.3) is 16.0 Å². The third kappa shape index (κ3) is 4.29. The van der Waals surface area contributed by atoms with Crippen LogP contribution in [0.3, 0.4) is 0 Å². The fourth-order valence-electron chi connectivity index (χ4n) is 2.01. The molecule has 1 fully saturated rings. The first-order valence-electron chi connectivity index (χ1n) is 6.37. The van der Waals surface area contributed by atoms with E-state index in [-0.39, 0.29) is 18.1 Å². The van der Waals surface area contributed by atoms with Crippen LogP contribution in [0.1, 0.15) is 15.9 Å². The second-order valence-corrected chi connectivity index (χ2v) is 6.21. The van der Waals surface area contributed by atoms with Gasteiger partial charge in [-0.15, -0.1) is 0 Å². The highest BCUT2D eigenvalue weighted by Gasteiger charge is 2.18. The molecule has 20 heavy (non-hydrogen) atoms. The minimum atomic E-state index is -3.95. The van der Waals surface area contributed by atoms with E-state index in [1.807, 2.05) is 0 Å². The van der Waals surface area contributed by atoms with Crippen molar-refractivity contribution in [3.05, 3.63) is 35.4 Å². The van der Waals surface area contributed by atoms with E-state index >= 15 is 0 Å². The Morgan fingerprint density at radius 3 is 2.35 bits per heavy atom. The first kappa shape index (κ1) is 15.0. The third-order valence-electron chi connectivity index (χ3n) is 3.15. The topological polar surface area (TPSA) is 83.9 Å². The zero-order valence-corrected chi connectivity index (χ0v) is 11.8. The van der Waals surface area contributed by atoms with E-state index in [1.54, 1.807) is 29.2 Å². The molecule has 0 atom stereocenters. The summed E-state index contributed by atoms with van der Waals surface area (Å²) in [6, 6.07) is 6.77. The first-order chi connectivity index (χ1) is 9.46.